The van der Waals surface area contributed by atoms with Crippen molar-refractivity contribution < 1.29 is 34.0 Å². The Bertz CT molecular complexity index is 385. The molecule has 3 aliphatic rings. The van der Waals surface area contributed by atoms with Crippen LogP contribution in [0.5, 0.6) is 0 Å². The summed E-state index contributed by atoms with van der Waals surface area (Å²) in [5, 5.41) is 16.4. The number of cyclic esters (lactones) is 3. The van der Waals surface area contributed by atoms with Crippen LogP contribution in [0.2, 0.25) is 0 Å². The van der Waals surface area contributed by atoms with E-state index in [1.807, 2.05) is 55.4 Å². The van der Waals surface area contributed by atoms with E-state index in [4.69, 9.17) is 14.9 Å². The van der Waals surface area contributed by atoms with E-state index in [1.54, 1.807) is 6.92 Å². The summed E-state index contributed by atoms with van der Waals surface area (Å²) in [6.45, 7) is 21.0. The molecule has 2 unspecified atom stereocenters. The molecule has 0 aromatic heterocycles. The van der Waals surface area contributed by atoms with Crippen LogP contribution in [0.4, 0.5) is 4.79 Å². The third-order valence-electron chi connectivity index (χ3n) is 5.33. The van der Waals surface area contributed by atoms with E-state index < -0.39 is 6.16 Å². The maximum absolute atomic E-state index is 10.4. The number of aliphatic hydroxyl groups excluding tert-OH is 2. The first-order valence-electron chi connectivity index (χ1n) is 14.2. The molecular weight excluding hydrogens is 496 g/mol. The lowest BCUT2D eigenvalue weighted by molar-refractivity contribution is -0.141. The van der Waals surface area contributed by atoms with E-state index in [2.05, 4.69) is 16.4 Å². The summed E-state index contributed by atoms with van der Waals surface area (Å²) in [7, 11) is 0. The van der Waals surface area contributed by atoms with Crippen molar-refractivity contribution in [3.63, 3.8) is 0 Å². The fourth-order valence-electron chi connectivity index (χ4n) is 3.26. The summed E-state index contributed by atoms with van der Waals surface area (Å²) in [4.78, 5) is 20.6. The third kappa shape index (κ3) is 36.7. The molecule has 0 aromatic carbocycles. The molecule has 0 amide bonds. The lowest BCUT2D eigenvalue weighted by Crippen LogP contribution is -2.16. The highest BCUT2D eigenvalue weighted by atomic mass is 16.8. The maximum atomic E-state index is 10.4. The Morgan fingerprint density at radius 1 is 0.641 bits per heavy atom. The fraction of sp³-hybridized carbons (Fsp3) is 0.938. The number of carbonyl (C=O) groups is 2. The molecule has 7 nitrogen and oxygen atoms in total. The van der Waals surface area contributed by atoms with Crippen molar-refractivity contribution in [2.24, 2.45) is 11.8 Å². The van der Waals surface area contributed by atoms with Gasteiger partial charge in [-0.25, -0.2) is 4.79 Å². The van der Waals surface area contributed by atoms with Crippen molar-refractivity contribution in [3.05, 3.63) is 0 Å². The zero-order valence-electron chi connectivity index (χ0n) is 24.7. The average molecular weight is 573 g/mol. The molecule has 0 radical (unpaired) electrons. The Morgan fingerprint density at radius 3 is 1.26 bits per heavy atom. The van der Waals surface area contributed by atoms with Crippen LogP contribution in [0.15, 0.2) is 0 Å². The maximum Gasteiger partial charge on any atom is 0.508 e. The first-order valence-corrected chi connectivity index (χ1v) is 14.2. The molecule has 7 heteroatoms. The van der Waals surface area contributed by atoms with Crippen LogP contribution in [-0.4, -0.2) is 54.4 Å². The lowest BCUT2D eigenvalue weighted by Gasteiger charge is -2.26. The fourth-order valence-corrected chi connectivity index (χ4v) is 3.26. The number of hydrogen-bond donors (Lipinski definition) is 2. The minimum Gasteiger partial charge on any atom is -0.462 e. The van der Waals surface area contributed by atoms with Crippen molar-refractivity contribution in [3.8, 4) is 0 Å². The summed E-state index contributed by atoms with van der Waals surface area (Å²) in [5.74, 6) is 1.56. The van der Waals surface area contributed by atoms with Gasteiger partial charge in [0.2, 0.25) is 0 Å². The topological polar surface area (TPSA) is 102 Å². The van der Waals surface area contributed by atoms with Crippen LogP contribution >= 0.6 is 0 Å². The SMILES string of the molecule is C.C.C.C.CC.CC.CC.CCC1CCC(=O)O1.CCC1CCC(CO)CC1.CCC1COC(=O)O1.CCO. The Morgan fingerprint density at radius 2 is 1.05 bits per heavy atom. The van der Waals surface area contributed by atoms with Gasteiger partial charge in [-0.2, -0.15) is 0 Å². The van der Waals surface area contributed by atoms with Crippen LogP contribution in [0.25, 0.3) is 0 Å². The molecule has 2 aliphatic heterocycles. The molecule has 1 saturated carbocycles. The quantitative estimate of drug-likeness (QED) is 0.323. The highest BCUT2D eigenvalue weighted by Gasteiger charge is 2.22. The van der Waals surface area contributed by atoms with Crippen LogP contribution in [-0.2, 0) is 19.0 Å². The molecule has 2 atom stereocenters. The molecule has 39 heavy (non-hydrogen) atoms. The molecule has 3 fully saturated rings. The lowest BCUT2D eigenvalue weighted by atomic mass is 9.81. The predicted molar refractivity (Wildman–Crippen MR) is 172 cm³/mol. The standard InChI is InChI=1S/C9H18O.C6H10O2.C5H8O3.C2H6O.3C2H6.4CH4/c1-2-8-3-5-9(7-10)6-4-8;1-2-5-3-4-6(7)8-5;1-2-4-3-7-5(6)8-4;1-2-3;3*1-2;;;;/h8-10H,2-7H2,1H3;5H,2-4H2,1H3;4H,2-3H2,1H3;3H,2H2,1H3;3*1-2H3;4*1H4. The van der Waals surface area contributed by atoms with E-state index in [0.29, 0.717) is 25.6 Å². The molecule has 246 valence electrons. The van der Waals surface area contributed by atoms with E-state index >= 15 is 0 Å². The van der Waals surface area contributed by atoms with Crippen molar-refractivity contribution in [1.82, 2.24) is 0 Å². The Hall–Kier alpha value is -1.34. The predicted octanol–water partition coefficient (Wildman–Crippen LogP) is 9.85. The molecule has 0 spiro atoms. The summed E-state index contributed by atoms with van der Waals surface area (Å²) >= 11 is 0. The Balaban J connectivity index is -0.0000000515. The number of ether oxygens (including phenoxy) is 3. The molecular formula is C32H76O7. The van der Waals surface area contributed by atoms with Crippen LogP contribution in [0, 0.1) is 11.8 Å². The molecule has 3 rings (SSSR count). The smallest absolute Gasteiger partial charge is 0.462 e. The number of esters is 1. The van der Waals surface area contributed by atoms with Crippen molar-refractivity contribution in [2.75, 3.05) is 19.8 Å². The second-order valence-corrected chi connectivity index (χ2v) is 7.56. The van der Waals surface area contributed by atoms with Gasteiger partial charge < -0.3 is 24.4 Å². The molecule has 2 saturated heterocycles. The molecule has 0 bridgehead atoms. The summed E-state index contributed by atoms with van der Waals surface area (Å²) < 4.78 is 14.0. The van der Waals surface area contributed by atoms with Gasteiger partial charge in [-0.15, -0.1) is 0 Å². The highest BCUT2D eigenvalue weighted by Crippen LogP contribution is 2.29. The van der Waals surface area contributed by atoms with Crippen molar-refractivity contribution >= 4 is 12.1 Å². The highest BCUT2D eigenvalue weighted by molar-refractivity contribution is 5.71. The molecule has 0 aromatic rings. The zero-order chi connectivity index (χ0) is 28.1. The number of aliphatic hydroxyl groups is 2. The molecule has 1 aliphatic carbocycles. The normalized spacial score (nSPS) is 21.0. The van der Waals surface area contributed by atoms with Gasteiger partial charge in [0.1, 0.15) is 18.8 Å². The van der Waals surface area contributed by atoms with E-state index in [9.17, 15) is 9.59 Å². The monoisotopic (exact) mass is 573 g/mol. The third-order valence-corrected chi connectivity index (χ3v) is 5.33. The van der Waals surface area contributed by atoms with Gasteiger partial charge in [0, 0.05) is 19.6 Å². The molecule has 2 N–H and O–H groups in total. The van der Waals surface area contributed by atoms with Gasteiger partial charge in [-0.1, -0.05) is 111 Å². The van der Waals surface area contributed by atoms with Gasteiger partial charge >= 0.3 is 12.1 Å². The second-order valence-electron chi connectivity index (χ2n) is 7.56. The first kappa shape index (κ1) is 57.5. The summed E-state index contributed by atoms with van der Waals surface area (Å²) in [5.41, 5.74) is 0. The van der Waals surface area contributed by atoms with Crippen molar-refractivity contribution in [2.45, 2.75) is 169 Å². The molecule has 2 heterocycles. The minimum atomic E-state index is -0.531. The Kier molecular flexibility index (Phi) is 68.6. The van der Waals surface area contributed by atoms with E-state index in [-0.39, 0.29) is 54.5 Å². The number of hydrogen-bond acceptors (Lipinski definition) is 7. The van der Waals surface area contributed by atoms with Gasteiger partial charge in [-0.05, 0) is 50.9 Å². The van der Waals surface area contributed by atoms with Crippen LogP contribution in [0.3, 0.4) is 0 Å². The van der Waals surface area contributed by atoms with Gasteiger partial charge in [0.05, 0.1) is 0 Å². The largest absolute Gasteiger partial charge is 0.508 e. The Labute approximate surface area is 246 Å². The zero-order valence-corrected chi connectivity index (χ0v) is 24.7. The number of rotatable bonds is 4. The minimum absolute atomic E-state index is 0. The van der Waals surface area contributed by atoms with E-state index in [1.165, 1.54) is 32.1 Å². The summed E-state index contributed by atoms with van der Waals surface area (Å²) in [6, 6.07) is 0. The first-order chi connectivity index (χ1) is 16.9. The van der Waals surface area contributed by atoms with Crippen LogP contribution < -0.4 is 0 Å². The van der Waals surface area contributed by atoms with Crippen molar-refractivity contribution in [1.29, 1.82) is 0 Å². The van der Waals surface area contributed by atoms with Gasteiger partial charge in [-0.3, -0.25) is 4.79 Å². The van der Waals surface area contributed by atoms with E-state index in [0.717, 1.165) is 25.2 Å². The van der Waals surface area contributed by atoms with Gasteiger partial charge in [0.15, 0.2) is 0 Å². The van der Waals surface area contributed by atoms with Gasteiger partial charge in [0.25, 0.3) is 0 Å². The second kappa shape index (κ2) is 46.5. The number of carbonyl (C=O) groups excluding carboxylic acids is 2. The summed E-state index contributed by atoms with van der Waals surface area (Å²) in [6.07, 6.45) is 9.60. The van der Waals surface area contributed by atoms with Crippen LogP contribution in [0.1, 0.15) is 157 Å². The average Bonchev–Trinajstić information content (AvgIpc) is 3.56.